The first-order chi connectivity index (χ1) is 6.95. The zero-order chi connectivity index (χ0) is 11.7. The molecular weight excluding hydrogens is 214 g/mol. The van der Waals surface area contributed by atoms with Gasteiger partial charge in [0, 0.05) is 0 Å². The molecule has 0 amide bonds. The highest BCUT2D eigenvalue weighted by molar-refractivity contribution is 7.85. The van der Waals surface area contributed by atoms with Crippen LogP contribution in [0.5, 0.6) is 0 Å². The van der Waals surface area contributed by atoms with Crippen LogP contribution in [0.15, 0.2) is 0 Å². The molecule has 15 heavy (non-hydrogen) atoms. The van der Waals surface area contributed by atoms with E-state index < -0.39 is 10.1 Å². The van der Waals surface area contributed by atoms with Crippen LogP contribution in [0, 0.1) is 5.92 Å². The Morgan fingerprint density at radius 1 is 1.27 bits per heavy atom. The maximum atomic E-state index is 10.5. The molecule has 0 aliphatic heterocycles. The predicted octanol–water partition coefficient (Wildman–Crippen LogP) is 1.68. The summed E-state index contributed by atoms with van der Waals surface area (Å²) in [5.74, 6) is -0.194. The molecule has 0 fully saturated rings. The summed E-state index contributed by atoms with van der Waals surface area (Å²) in [4.78, 5) is 0. The summed E-state index contributed by atoms with van der Waals surface area (Å²) in [6.07, 6.45) is 4.82. The lowest BCUT2D eigenvalue weighted by Gasteiger charge is -2.10. The van der Waals surface area contributed by atoms with Crippen molar-refractivity contribution in [3.8, 4) is 0 Å². The SMILES string of the molecule is CCCCCCNCC(C)CS(=O)(=O)O. The number of unbranched alkanes of at least 4 members (excludes halogenated alkanes) is 3. The highest BCUT2D eigenvalue weighted by atomic mass is 32.2. The molecule has 0 aliphatic rings. The smallest absolute Gasteiger partial charge is 0.265 e. The van der Waals surface area contributed by atoms with Crippen molar-refractivity contribution in [3.05, 3.63) is 0 Å². The summed E-state index contributed by atoms with van der Waals surface area (Å²) in [6, 6.07) is 0. The van der Waals surface area contributed by atoms with E-state index in [1.54, 1.807) is 0 Å². The van der Waals surface area contributed by atoms with E-state index in [1.807, 2.05) is 6.92 Å². The Bertz CT molecular complexity index is 239. The zero-order valence-corrected chi connectivity index (χ0v) is 10.5. The molecule has 0 bridgehead atoms. The minimum Gasteiger partial charge on any atom is -0.316 e. The average molecular weight is 237 g/mol. The number of hydrogen-bond donors (Lipinski definition) is 2. The molecule has 2 N–H and O–H groups in total. The molecule has 0 aromatic carbocycles. The van der Waals surface area contributed by atoms with Crippen molar-refractivity contribution < 1.29 is 13.0 Å². The van der Waals surface area contributed by atoms with Crippen LogP contribution in [0.2, 0.25) is 0 Å². The van der Waals surface area contributed by atoms with E-state index in [4.69, 9.17) is 4.55 Å². The van der Waals surface area contributed by atoms with Crippen molar-refractivity contribution >= 4 is 10.1 Å². The van der Waals surface area contributed by atoms with Gasteiger partial charge in [-0.1, -0.05) is 33.1 Å². The second kappa shape index (κ2) is 8.07. The van der Waals surface area contributed by atoms with Gasteiger partial charge >= 0.3 is 0 Å². The molecule has 0 radical (unpaired) electrons. The van der Waals surface area contributed by atoms with Crippen LogP contribution >= 0.6 is 0 Å². The Labute approximate surface area is 93.2 Å². The summed E-state index contributed by atoms with van der Waals surface area (Å²) in [5, 5.41) is 3.19. The third-order valence-corrected chi connectivity index (χ3v) is 3.19. The van der Waals surface area contributed by atoms with Gasteiger partial charge in [-0.15, -0.1) is 0 Å². The average Bonchev–Trinajstić information content (AvgIpc) is 2.08. The zero-order valence-electron chi connectivity index (χ0n) is 9.70. The van der Waals surface area contributed by atoms with Crippen molar-refractivity contribution in [3.63, 3.8) is 0 Å². The molecule has 0 heterocycles. The predicted molar refractivity (Wildman–Crippen MR) is 62.6 cm³/mol. The monoisotopic (exact) mass is 237 g/mol. The largest absolute Gasteiger partial charge is 0.316 e. The van der Waals surface area contributed by atoms with Gasteiger partial charge in [0.2, 0.25) is 0 Å². The number of nitrogens with one attached hydrogen (secondary N) is 1. The van der Waals surface area contributed by atoms with E-state index in [0.29, 0.717) is 6.54 Å². The van der Waals surface area contributed by atoms with E-state index in [0.717, 1.165) is 13.0 Å². The minimum atomic E-state index is -3.81. The molecule has 0 saturated carbocycles. The molecule has 4 nitrogen and oxygen atoms in total. The Kier molecular flexibility index (Phi) is 8.00. The third-order valence-electron chi connectivity index (χ3n) is 2.20. The van der Waals surface area contributed by atoms with Crippen LogP contribution < -0.4 is 5.32 Å². The Morgan fingerprint density at radius 3 is 2.47 bits per heavy atom. The lowest BCUT2D eigenvalue weighted by atomic mass is 10.2. The molecule has 0 aromatic rings. The molecule has 5 heteroatoms. The van der Waals surface area contributed by atoms with E-state index in [2.05, 4.69) is 12.2 Å². The second-order valence-corrected chi connectivity index (χ2v) is 5.62. The van der Waals surface area contributed by atoms with Crippen LogP contribution in [0.25, 0.3) is 0 Å². The van der Waals surface area contributed by atoms with Crippen molar-refractivity contribution in [1.82, 2.24) is 5.32 Å². The molecule has 0 aliphatic carbocycles. The Hall–Kier alpha value is -0.130. The Balaban J connectivity index is 3.36. The number of hydrogen-bond acceptors (Lipinski definition) is 3. The highest BCUT2D eigenvalue weighted by Gasteiger charge is 2.11. The highest BCUT2D eigenvalue weighted by Crippen LogP contribution is 1.99. The molecule has 0 aromatic heterocycles. The summed E-state index contributed by atoms with van der Waals surface area (Å²) >= 11 is 0. The van der Waals surface area contributed by atoms with Crippen LogP contribution in [0.3, 0.4) is 0 Å². The van der Waals surface area contributed by atoms with Gasteiger partial charge in [0.1, 0.15) is 0 Å². The van der Waals surface area contributed by atoms with Crippen LogP contribution in [-0.4, -0.2) is 31.8 Å². The van der Waals surface area contributed by atoms with Gasteiger partial charge in [-0.3, -0.25) is 4.55 Å². The molecule has 1 atom stereocenters. The van der Waals surface area contributed by atoms with Crippen molar-refractivity contribution in [2.75, 3.05) is 18.8 Å². The standard InChI is InChI=1S/C10H23NO3S/c1-3-4-5-6-7-11-8-10(2)9-15(12,13)14/h10-11H,3-9H2,1-2H3,(H,12,13,14). The van der Waals surface area contributed by atoms with Crippen LogP contribution in [0.4, 0.5) is 0 Å². The molecule has 0 rings (SSSR count). The first-order valence-corrected chi connectivity index (χ1v) is 7.22. The normalized spacial score (nSPS) is 14.1. The summed E-state index contributed by atoms with van der Waals surface area (Å²) < 4.78 is 29.7. The quantitative estimate of drug-likeness (QED) is 0.473. The van der Waals surface area contributed by atoms with Gasteiger partial charge in [-0.25, -0.2) is 0 Å². The maximum Gasteiger partial charge on any atom is 0.265 e. The second-order valence-electron chi connectivity index (χ2n) is 4.12. The van der Waals surface area contributed by atoms with Crippen LogP contribution in [0.1, 0.15) is 39.5 Å². The molecule has 1 unspecified atom stereocenters. The fourth-order valence-electron chi connectivity index (χ4n) is 1.44. The third kappa shape index (κ3) is 11.8. The van der Waals surface area contributed by atoms with Gasteiger partial charge in [-0.05, 0) is 25.4 Å². The van der Waals surface area contributed by atoms with Gasteiger partial charge in [-0.2, -0.15) is 8.42 Å². The van der Waals surface area contributed by atoms with E-state index in [1.165, 1.54) is 19.3 Å². The van der Waals surface area contributed by atoms with Gasteiger partial charge in [0.05, 0.1) is 5.75 Å². The van der Waals surface area contributed by atoms with Gasteiger partial charge in [0.15, 0.2) is 0 Å². The summed E-state index contributed by atoms with van der Waals surface area (Å²) in [7, 11) is -3.81. The maximum absolute atomic E-state index is 10.5. The first-order valence-electron chi connectivity index (χ1n) is 5.61. The fraction of sp³-hybridized carbons (Fsp3) is 1.00. The summed E-state index contributed by atoms with van der Waals surface area (Å²) in [6.45, 7) is 5.55. The fourth-order valence-corrected chi connectivity index (χ4v) is 2.28. The van der Waals surface area contributed by atoms with Crippen molar-refractivity contribution in [2.24, 2.45) is 5.92 Å². The van der Waals surface area contributed by atoms with E-state index in [9.17, 15) is 8.42 Å². The lowest BCUT2D eigenvalue weighted by Crippen LogP contribution is -2.26. The van der Waals surface area contributed by atoms with Gasteiger partial charge < -0.3 is 5.32 Å². The molecular formula is C10H23NO3S. The van der Waals surface area contributed by atoms with Gasteiger partial charge in [0.25, 0.3) is 10.1 Å². The van der Waals surface area contributed by atoms with Crippen LogP contribution in [-0.2, 0) is 10.1 Å². The van der Waals surface area contributed by atoms with E-state index in [-0.39, 0.29) is 11.7 Å². The first kappa shape index (κ1) is 14.9. The molecule has 92 valence electrons. The molecule has 0 saturated heterocycles. The summed E-state index contributed by atoms with van der Waals surface area (Å²) in [5.41, 5.74) is 0. The number of rotatable bonds is 9. The topological polar surface area (TPSA) is 66.4 Å². The minimum absolute atomic E-state index is 0.0359. The van der Waals surface area contributed by atoms with Crippen molar-refractivity contribution in [1.29, 1.82) is 0 Å². The Morgan fingerprint density at radius 2 is 1.93 bits per heavy atom. The molecule has 0 spiro atoms. The van der Waals surface area contributed by atoms with Crippen molar-refractivity contribution in [2.45, 2.75) is 39.5 Å². The van der Waals surface area contributed by atoms with E-state index >= 15 is 0 Å². The lowest BCUT2D eigenvalue weighted by molar-refractivity contribution is 0.460.